The number of aromatic nitrogens is 1. The molecule has 0 fully saturated rings. The summed E-state index contributed by atoms with van der Waals surface area (Å²) in [5, 5.41) is 2.82. The van der Waals surface area contributed by atoms with Crippen LogP contribution in [0.2, 0.25) is 0 Å². The minimum absolute atomic E-state index is 0.280. The van der Waals surface area contributed by atoms with Crippen molar-refractivity contribution in [2.45, 2.75) is 6.92 Å². The highest BCUT2D eigenvalue weighted by Gasteiger charge is 2.17. The number of methoxy groups -OCH3 is 2. The van der Waals surface area contributed by atoms with E-state index >= 15 is 0 Å². The van der Waals surface area contributed by atoms with Crippen molar-refractivity contribution in [2.24, 2.45) is 0 Å². The third kappa shape index (κ3) is 3.33. The Balaban J connectivity index is 2.32. The normalized spacial score (nSPS) is 10.1. The van der Waals surface area contributed by atoms with Gasteiger partial charge >= 0.3 is 0 Å². The van der Waals surface area contributed by atoms with Gasteiger partial charge in [0.15, 0.2) is 11.5 Å². The van der Waals surface area contributed by atoms with Gasteiger partial charge in [0, 0.05) is 0 Å². The zero-order chi connectivity index (χ0) is 15.4. The Morgan fingerprint density at radius 1 is 1.19 bits per heavy atom. The maximum absolute atomic E-state index is 12.4. The Morgan fingerprint density at radius 3 is 2.57 bits per heavy atom. The highest BCUT2D eigenvalue weighted by Crippen LogP contribution is 2.31. The zero-order valence-electron chi connectivity index (χ0n) is 11.9. The van der Waals surface area contributed by atoms with Gasteiger partial charge in [-0.25, -0.2) is 4.98 Å². The molecule has 0 spiro atoms. The number of hydrogen-bond donors (Lipinski definition) is 1. The van der Waals surface area contributed by atoms with E-state index in [9.17, 15) is 4.79 Å². The molecule has 1 heterocycles. The van der Waals surface area contributed by atoms with Crippen LogP contribution in [-0.4, -0.2) is 25.1 Å². The van der Waals surface area contributed by atoms with Gasteiger partial charge in [0.1, 0.15) is 4.60 Å². The fraction of sp³-hybridized carbons (Fsp3) is 0.200. The van der Waals surface area contributed by atoms with Gasteiger partial charge in [-0.15, -0.1) is 0 Å². The summed E-state index contributed by atoms with van der Waals surface area (Å²) in [4.78, 5) is 16.7. The van der Waals surface area contributed by atoms with E-state index < -0.39 is 0 Å². The van der Waals surface area contributed by atoms with Crippen LogP contribution < -0.4 is 14.8 Å². The van der Waals surface area contributed by atoms with Crippen molar-refractivity contribution in [1.29, 1.82) is 0 Å². The molecule has 0 saturated heterocycles. The summed E-state index contributed by atoms with van der Waals surface area (Å²) in [5.41, 5.74) is 1.77. The predicted molar refractivity (Wildman–Crippen MR) is 84.2 cm³/mol. The monoisotopic (exact) mass is 350 g/mol. The molecule has 1 aromatic carbocycles. The predicted octanol–water partition coefficient (Wildman–Crippen LogP) is 3.42. The van der Waals surface area contributed by atoms with E-state index in [-0.39, 0.29) is 5.91 Å². The van der Waals surface area contributed by atoms with Gasteiger partial charge in [0.05, 0.1) is 31.2 Å². The van der Waals surface area contributed by atoms with E-state index in [1.165, 1.54) is 14.2 Å². The molecular weight excluding hydrogens is 336 g/mol. The zero-order valence-corrected chi connectivity index (χ0v) is 13.5. The molecule has 0 aliphatic heterocycles. The molecule has 110 valence electrons. The van der Waals surface area contributed by atoms with Gasteiger partial charge in [-0.3, -0.25) is 4.79 Å². The average molecular weight is 351 g/mol. The molecule has 2 rings (SSSR count). The first-order valence-corrected chi connectivity index (χ1v) is 7.01. The minimum atomic E-state index is -0.280. The SMILES string of the molecule is COc1cccc(C(=O)Nc2ccc(Br)nc2C)c1OC. The third-order valence-electron chi connectivity index (χ3n) is 2.95. The summed E-state index contributed by atoms with van der Waals surface area (Å²) in [6, 6.07) is 8.71. The Labute approximate surface area is 131 Å². The number of halogens is 1. The summed E-state index contributed by atoms with van der Waals surface area (Å²) in [6.45, 7) is 1.82. The molecule has 21 heavy (non-hydrogen) atoms. The minimum Gasteiger partial charge on any atom is -0.493 e. The van der Waals surface area contributed by atoms with Crippen LogP contribution in [-0.2, 0) is 0 Å². The van der Waals surface area contributed by atoms with E-state index in [0.717, 1.165) is 10.3 Å². The number of aryl methyl sites for hydroxylation is 1. The van der Waals surface area contributed by atoms with Crippen LogP contribution in [0, 0.1) is 6.92 Å². The number of hydrogen-bond acceptors (Lipinski definition) is 4. The van der Waals surface area contributed by atoms with Crippen LogP contribution in [0.1, 0.15) is 16.1 Å². The first-order chi connectivity index (χ1) is 10.1. The van der Waals surface area contributed by atoms with Crippen molar-refractivity contribution in [2.75, 3.05) is 19.5 Å². The highest BCUT2D eigenvalue weighted by molar-refractivity contribution is 9.10. The van der Waals surface area contributed by atoms with E-state index in [2.05, 4.69) is 26.2 Å². The molecule has 1 aromatic heterocycles. The summed E-state index contributed by atoms with van der Waals surface area (Å²) >= 11 is 3.29. The largest absolute Gasteiger partial charge is 0.493 e. The molecule has 0 atom stereocenters. The van der Waals surface area contributed by atoms with Crippen LogP contribution in [0.25, 0.3) is 0 Å². The van der Waals surface area contributed by atoms with E-state index in [4.69, 9.17) is 9.47 Å². The first-order valence-electron chi connectivity index (χ1n) is 6.22. The first kappa shape index (κ1) is 15.3. The molecule has 0 aliphatic rings. The van der Waals surface area contributed by atoms with Gasteiger partial charge in [-0.1, -0.05) is 6.07 Å². The number of carbonyl (C=O) groups is 1. The lowest BCUT2D eigenvalue weighted by Crippen LogP contribution is -2.14. The molecule has 6 heteroatoms. The van der Waals surface area contributed by atoms with Crippen molar-refractivity contribution < 1.29 is 14.3 Å². The summed E-state index contributed by atoms with van der Waals surface area (Å²) in [6.07, 6.45) is 0. The van der Waals surface area contributed by atoms with Crippen molar-refractivity contribution in [3.05, 3.63) is 46.2 Å². The Bertz CT molecular complexity index is 674. The molecule has 5 nitrogen and oxygen atoms in total. The topological polar surface area (TPSA) is 60.5 Å². The summed E-state index contributed by atoms with van der Waals surface area (Å²) < 4.78 is 11.2. The number of para-hydroxylation sites is 1. The molecular formula is C15H15BrN2O3. The van der Waals surface area contributed by atoms with Crippen LogP contribution in [0.4, 0.5) is 5.69 Å². The number of ether oxygens (including phenoxy) is 2. The number of nitrogens with one attached hydrogen (secondary N) is 1. The Morgan fingerprint density at radius 2 is 1.95 bits per heavy atom. The number of pyridine rings is 1. The van der Waals surface area contributed by atoms with Gasteiger partial charge in [-0.2, -0.15) is 0 Å². The second kappa shape index (κ2) is 6.58. The van der Waals surface area contributed by atoms with Gasteiger partial charge in [0.25, 0.3) is 5.91 Å². The number of amides is 1. The lowest BCUT2D eigenvalue weighted by atomic mass is 10.1. The molecule has 0 aliphatic carbocycles. The van der Waals surface area contributed by atoms with Crippen molar-refractivity contribution in [3.63, 3.8) is 0 Å². The third-order valence-corrected chi connectivity index (χ3v) is 3.39. The van der Waals surface area contributed by atoms with E-state index in [1.54, 1.807) is 30.3 Å². The standard InChI is InChI=1S/C15H15BrN2O3/c1-9-11(7-8-13(16)17-9)18-15(19)10-5-4-6-12(20-2)14(10)21-3/h4-8H,1-3H3,(H,18,19). The molecule has 1 amide bonds. The molecule has 0 saturated carbocycles. The molecule has 0 unspecified atom stereocenters. The van der Waals surface area contributed by atoms with E-state index in [0.29, 0.717) is 22.7 Å². The number of anilines is 1. The van der Waals surface area contributed by atoms with Crippen LogP contribution in [0.5, 0.6) is 11.5 Å². The number of nitrogens with zero attached hydrogens (tertiary/aromatic N) is 1. The summed E-state index contributed by atoms with van der Waals surface area (Å²) in [5.74, 6) is 0.633. The smallest absolute Gasteiger partial charge is 0.259 e. The lowest BCUT2D eigenvalue weighted by molar-refractivity contribution is 0.102. The van der Waals surface area contributed by atoms with Crippen LogP contribution in [0.3, 0.4) is 0 Å². The second-order valence-electron chi connectivity index (χ2n) is 4.26. The maximum Gasteiger partial charge on any atom is 0.259 e. The number of carbonyl (C=O) groups excluding carboxylic acids is 1. The molecule has 0 radical (unpaired) electrons. The highest BCUT2D eigenvalue weighted by atomic mass is 79.9. The second-order valence-corrected chi connectivity index (χ2v) is 5.07. The van der Waals surface area contributed by atoms with Gasteiger partial charge in [0.2, 0.25) is 0 Å². The Kier molecular flexibility index (Phi) is 4.80. The van der Waals surface area contributed by atoms with Crippen molar-refractivity contribution in [3.8, 4) is 11.5 Å². The van der Waals surface area contributed by atoms with Crippen molar-refractivity contribution >= 4 is 27.5 Å². The van der Waals surface area contributed by atoms with Crippen molar-refractivity contribution in [1.82, 2.24) is 4.98 Å². The van der Waals surface area contributed by atoms with Gasteiger partial charge in [-0.05, 0) is 47.1 Å². The molecule has 1 N–H and O–H groups in total. The number of benzene rings is 1. The van der Waals surface area contributed by atoms with Gasteiger partial charge < -0.3 is 14.8 Å². The molecule has 2 aromatic rings. The maximum atomic E-state index is 12.4. The fourth-order valence-corrected chi connectivity index (χ4v) is 2.32. The quantitative estimate of drug-likeness (QED) is 0.858. The fourth-order valence-electron chi connectivity index (χ4n) is 1.92. The van der Waals surface area contributed by atoms with Crippen LogP contribution >= 0.6 is 15.9 Å². The Hall–Kier alpha value is -2.08. The number of rotatable bonds is 4. The van der Waals surface area contributed by atoms with E-state index in [1.807, 2.05) is 6.92 Å². The average Bonchev–Trinajstić information content (AvgIpc) is 2.49. The molecule has 0 bridgehead atoms. The van der Waals surface area contributed by atoms with Crippen LogP contribution in [0.15, 0.2) is 34.9 Å². The lowest BCUT2D eigenvalue weighted by Gasteiger charge is -2.13. The summed E-state index contributed by atoms with van der Waals surface area (Å²) in [7, 11) is 3.03.